The van der Waals surface area contributed by atoms with Crippen molar-refractivity contribution in [3.05, 3.63) is 33.9 Å². The molecule has 0 bridgehead atoms. The Hall–Kier alpha value is -1.85. The number of hydrogen-bond donors (Lipinski definition) is 1. The van der Waals surface area contributed by atoms with Gasteiger partial charge >= 0.3 is 0 Å². The van der Waals surface area contributed by atoms with Crippen molar-refractivity contribution in [2.75, 3.05) is 6.54 Å². The molecule has 0 amide bonds. The van der Waals surface area contributed by atoms with Crippen molar-refractivity contribution in [3.8, 4) is 0 Å². The minimum Gasteiger partial charge on any atom is -0.427 e. The lowest BCUT2D eigenvalue weighted by atomic mass is 10.3. The lowest BCUT2D eigenvalue weighted by Crippen LogP contribution is -2.18. The van der Waals surface area contributed by atoms with E-state index in [0.29, 0.717) is 6.54 Å². The highest BCUT2D eigenvalue weighted by molar-refractivity contribution is 5.25. The number of unbranched alkanes of at least 4 members (excludes halogenated alkanes) is 1. The van der Waals surface area contributed by atoms with Crippen LogP contribution >= 0.6 is 0 Å². The molecule has 1 rings (SSSR count). The molecule has 0 saturated carbocycles. The minimum atomic E-state index is -0.515. The number of pyridine rings is 1. The van der Waals surface area contributed by atoms with Crippen molar-refractivity contribution >= 4 is 5.69 Å². The van der Waals surface area contributed by atoms with E-state index in [2.05, 4.69) is 4.99 Å². The summed E-state index contributed by atoms with van der Waals surface area (Å²) in [7, 11) is 0. The maximum Gasteiger partial charge on any atom is 0.274 e. The molecule has 0 saturated heterocycles. The topological polar surface area (TPSA) is 80.7 Å². The minimum absolute atomic E-state index is 0.0736. The Labute approximate surface area is 86.6 Å². The molecule has 6 nitrogen and oxygen atoms in total. The lowest BCUT2D eigenvalue weighted by Gasteiger charge is -1.98. The van der Waals surface area contributed by atoms with Gasteiger partial charge in [0, 0.05) is 12.6 Å². The molecule has 0 atom stereocenters. The summed E-state index contributed by atoms with van der Waals surface area (Å²) in [6, 6.07) is 2.47. The molecular formula is C9H13N3O3. The predicted molar refractivity (Wildman–Crippen MR) is 53.6 cm³/mol. The molecular weight excluding hydrogens is 198 g/mol. The number of rotatable bonds is 4. The first-order chi connectivity index (χ1) is 7.15. The summed E-state index contributed by atoms with van der Waals surface area (Å²) >= 11 is 0. The van der Waals surface area contributed by atoms with E-state index in [1.54, 1.807) is 0 Å². The molecule has 6 heteroatoms. The second kappa shape index (κ2) is 5.14. The van der Waals surface area contributed by atoms with Gasteiger partial charge in [0.25, 0.3) is 5.69 Å². The zero-order chi connectivity index (χ0) is 11.3. The van der Waals surface area contributed by atoms with E-state index in [9.17, 15) is 15.3 Å². The van der Waals surface area contributed by atoms with E-state index in [1.165, 1.54) is 18.3 Å². The van der Waals surface area contributed by atoms with Crippen LogP contribution in [-0.2, 0) is 0 Å². The van der Waals surface area contributed by atoms with E-state index in [4.69, 9.17) is 0 Å². The maximum atomic E-state index is 10.5. The summed E-state index contributed by atoms with van der Waals surface area (Å²) in [5.41, 5.74) is 0.133. The summed E-state index contributed by atoms with van der Waals surface area (Å²) in [5, 5.41) is 19.8. The van der Waals surface area contributed by atoms with Crippen molar-refractivity contribution in [1.82, 2.24) is 4.73 Å². The van der Waals surface area contributed by atoms with Gasteiger partial charge in [0.1, 0.15) is 0 Å². The fraction of sp³-hybridized carbons (Fsp3) is 0.444. The summed E-state index contributed by atoms with van der Waals surface area (Å²) in [5.74, 6) is 0. The van der Waals surface area contributed by atoms with Crippen LogP contribution in [0, 0.1) is 10.1 Å². The van der Waals surface area contributed by atoms with Crippen LogP contribution in [0.4, 0.5) is 5.69 Å². The van der Waals surface area contributed by atoms with Crippen LogP contribution in [0.2, 0.25) is 0 Å². The monoisotopic (exact) mass is 211 g/mol. The van der Waals surface area contributed by atoms with Crippen LogP contribution in [0.3, 0.4) is 0 Å². The van der Waals surface area contributed by atoms with Gasteiger partial charge in [-0.15, -0.1) is 0 Å². The Balaban J connectivity index is 3.00. The molecule has 0 fully saturated rings. The average Bonchev–Trinajstić information content (AvgIpc) is 2.20. The van der Waals surface area contributed by atoms with Crippen LogP contribution in [0.25, 0.3) is 0 Å². The van der Waals surface area contributed by atoms with Gasteiger partial charge in [-0.1, -0.05) is 13.3 Å². The van der Waals surface area contributed by atoms with Gasteiger partial charge < -0.3 is 5.21 Å². The first-order valence-electron chi connectivity index (χ1n) is 4.72. The molecule has 1 aromatic rings. The zero-order valence-electron chi connectivity index (χ0n) is 8.46. The quantitative estimate of drug-likeness (QED) is 0.353. The number of nitrogens with zero attached hydrogens (tertiary/aromatic N) is 3. The van der Waals surface area contributed by atoms with E-state index in [1.807, 2.05) is 6.92 Å². The zero-order valence-corrected chi connectivity index (χ0v) is 8.46. The normalized spacial score (nSPS) is 11.7. The highest BCUT2D eigenvalue weighted by atomic mass is 16.6. The molecule has 0 aromatic carbocycles. The van der Waals surface area contributed by atoms with Crippen LogP contribution in [0.1, 0.15) is 19.8 Å². The van der Waals surface area contributed by atoms with Crippen molar-refractivity contribution in [2.24, 2.45) is 4.99 Å². The van der Waals surface area contributed by atoms with E-state index < -0.39 is 4.92 Å². The van der Waals surface area contributed by atoms with Crippen LogP contribution < -0.4 is 5.49 Å². The lowest BCUT2D eigenvalue weighted by molar-refractivity contribution is -0.385. The van der Waals surface area contributed by atoms with E-state index >= 15 is 0 Å². The number of nitro groups is 1. The SMILES string of the molecule is CCCCN=c1cc([N+](=O)[O-])ccn1O. The standard InChI is InChI=1S/C9H13N3O3/c1-2-3-5-10-9-7-8(12(14)15)4-6-11(9)13/h4,6-7,13H,2-3,5H2,1H3. The molecule has 15 heavy (non-hydrogen) atoms. The van der Waals surface area contributed by atoms with E-state index in [-0.39, 0.29) is 11.2 Å². The van der Waals surface area contributed by atoms with Gasteiger partial charge in [-0.25, -0.2) is 0 Å². The third kappa shape index (κ3) is 3.08. The van der Waals surface area contributed by atoms with Crippen molar-refractivity contribution in [3.63, 3.8) is 0 Å². The molecule has 1 heterocycles. The van der Waals surface area contributed by atoms with Gasteiger partial charge in [-0.3, -0.25) is 15.1 Å². The molecule has 0 aliphatic heterocycles. The fourth-order valence-corrected chi connectivity index (χ4v) is 1.05. The summed E-state index contributed by atoms with van der Waals surface area (Å²) in [4.78, 5) is 14.0. The largest absolute Gasteiger partial charge is 0.427 e. The first-order valence-corrected chi connectivity index (χ1v) is 4.72. The Morgan fingerprint density at radius 3 is 3.00 bits per heavy atom. The molecule has 0 aliphatic carbocycles. The summed E-state index contributed by atoms with van der Waals surface area (Å²) < 4.78 is 0.780. The van der Waals surface area contributed by atoms with Gasteiger partial charge in [0.15, 0.2) is 5.49 Å². The fourth-order valence-electron chi connectivity index (χ4n) is 1.05. The van der Waals surface area contributed by atoms with Crippen molar-refractivity contribution in [1.29, 1.82) is 0 Å². The second-order valence-corrected chi connectivity index (χ2v) is 3.08. The van der Waals surface area contributed by atoms with Gasteiger partial charge in [-0.05, 0) is 6.42 Å². The molecule has 0 spiro atoms. The van der Waals surface area contributed by atoms with Crippen molar-refractivity contribution in [2.45, 2.75) is 19.8 Å². The molecule has 1 N–H and O–H groups in total. The van der Waals surface area contributed by atoms with Crippen molar-refractivity contribution < 1.29 is 10.1 Å². The number of hydrogen-bond acceptors (Lipinski definition) is 4. The average molecular weight is 211 g/mol. The van der Waals surface area contributed by atoms with Gasteiger partial charge in [0.05, 0.1) is 17.2 Å². The van der Waals surface area contributed by atoms with Crippen LogP contribution in [0.15, 0.2) is 23.3 Å². The maximum absolute atomic E-state index is 10.5. The van der Waals surface area contributed by atoms with Gasteiger partial charge in [0.2, 0.25) is 0 Å². The summed E-state index contributed by atoms with van der Waals surface area (Å²) in [6.07, 6.45) is 3.09. The van der Waals surface area contributed by atoms with Gasteiger partial charge in [-0.2, -0.15) is 4.73 Å². The Morgan fingerprint density at radius 2 is 2.40 bits per heavy atom. The Kier molecular flexibility index (Phi) is 3.84. The molecule has 0 unspecified atom stereocenters. The highest BCUT2D eigenvalue weighted by Gasteiger charge is 2.05. The number of aromatic nitrogens is 1. The molecule has 1 aromatic heterocycles. The third-order valence-corrected chi connectivity index (χ3v) is 1.89. The third-order valence-electron chi connectivity index (χ3n) is 1.89. The Morgan fingerprint density at radius 1 is 1.67 bits per heavy atom. The summed E-state index contributed by atoms with van der Waals surface area (Å²) in [6.45, 7) is 2.58. The Bertz CT molecular complexity index is 411. The first kappa shape index (κ1) is 11.2. The molecule has 0 aliphatic rings. The molecule has 82 valence electrons. The smallest absolute Gasteiger partial charge is 0.274 e. The van der Waals surface area contributed by atoms with Crippen LogP contribution in [0.5, 0.6) is 0 Å². The molecule has 0 radical (unpaired) electrons. The predicted octanol–water partition coefficient (Wildman–Crippen LogP) is 1.33. The van der Waals surface area contributed by atoms with E-state index in [0.717, 1.165) is 17.6 Å². The van der Waals surface area contributed by atoms with Crippen LogP contribution in [-0.4, -0.2) is 21.4 Å². The highest BCUT2D eigenvalue weighted by Crippen LogP contribution is 2.04. The second-order valence-electron chi connectivity index (χ2n) is 3.08.